The number of hydrogen-bond acceptors (Lipinski definition) is 2. The van der Waals surface area contributed by atoms with Crippen molar-refractivity contribution >= 4 is 32.7 Å². The van der Waals surface area contributed by atoms with E-state index in [1.807, 2.05) is 35.8 Å². The van der Waals surface area contributed by atoms with E-state index < -0.39 is 5.54 Å². The minimum Gasteiger partial charge on any atom is -0.336 e. The molecule has 1 saturated carbocycles. The molecule has 0 atom stereocenters. The lowest BCUT2D eigenvalue weighted by molar-refractivity contribution is -0.123. The van der Waals surface area contributed by atoms with Crippen LogP contribution in [0.25, 0.3) is 10.9 Å². The molecule has 5 heteroatoms. The fraction of sp³-hybridized carbons (Fsp3) is 0.375. The number of aromatic nitrogens is 1. The van der Waals surface area contributed by atoms with Gasteiger partial charge < -0.3 is 9.88 Å². The number of rotatable bonds is 3. The number of carbonyl (C=O) groups excluding carboxylic acids is 1. The summed E-state index contributed by atoms with van der Waals surface area (Å²) >= 11 is 3.59. The van der Waals surface area contributed by atoms with E-state index in [1.165, 1.54) is 0 Å². The van der Waals surface area contributed by atoms with E-state index >= 15 is 0 Å². The largest absolute Gasteiger partial charge is 0.336 e. The van der Waals surface area contributed by atoms with Crippen molar-refractivity contribution in [1.82, 2.24) is 9.88 Å². The summed E-state index contributed by atoms with van der Waals surface area (Å²) in [5, 5.41) is 13.2. The molecule has 1 aliphatic carbocycles. The zero-order chi connectivity index (χ0) is 15.0. The predicted octanol–water partition coefficient (Wildman–Crippen LogP) is 3.27. The minimum absolute atomic E-state index is 0.104. The maximum absolute atomic E-state index is 12.3. The molecule has 1 aromatic carbocycles. The molecule has 1 aromatic heterocycles. The second kappa shape index (κ2) is 5.19. The normalized spacial score (nSPS) is 16.2. The Kier molecular flexibility index (Phi) is 3.50. The highest BCUT2D eigenvalue weighted by Crippen LogP contribution is 2.32. The maximum atomic E-state index is 12.3. The van der Waals surface area contributed by atoms with Gasteiger partial charge in [0.15, 0.2) is 0 Å². The third-order valence-corrected chi connectivity index (χ3v) is 5.26. The van der Waals surface area contributed by atoms with Crippen LogP contribution in [0.5, 0.6) is 0 Å². The number of nitriles is 1. The van der Waals surface area contributed by atoms with Crippen molar-refractivity contribution in [3.8, 4) is 6.07 Å². The summed E-state index contributed by atoms with van der Waals surface area (Å²) in [5.41, 5.74) is 1.41. The van der Waals surface area contributed by atoms with Crippen molar-refractivity contribution in [2.75, 3.05) is 0 Å². The van der Waals surface area contributed by atoms with Crippen LogP contribution in [0, 0.1) is 18.3 Å². The first-order valence-corrected chi connectivity index (χ1v) is 7.81. The second-order valence-electron chi connectivity index (χ2n) is 5.60. The van der Waals surface area contributed by atoms with Crippen LogP contribution in [0.4, 0.5) is 0 Å². The summed E-state index contributed by atoms with van der Waals surface area (Å²) in [6.07, 6.45) is 2.51. The van der Waals surface area contributed by atoms with Gasteiger partial charge >= 0.3 is 0 Å². The van der Waals surface area contributed by atoms with Crippen LogP contribution >= 0.6 is 15.9 Å². The van der Waals surface area contributed by atoms with E-state index in [1.54, 1.807) is 0 Å². The molecular weight excluding hydrogens is 330 g/mol. The first-order chi connectivity index (χ1) is 10.1. The van der Waals surface area contributed by atoms with Gasteiger partial charge in [0.2, 0.25) is 5.91 Å². The van der Waals surface area contributed by atoms with Gasteiger partial charge in [-0.3, -0.25) is 4.79 Å². The number of benzene rings is 1. The van der Waals surface area contributed by atoms with Gasteiger partial charge in [0.1, 0.15) is 12.1 Å². The molecule has 1 amide bonds. The average Bonchev–Trinajstić information content (AvgIpc) is 2.69. The summed E-state index contributed by atoms with van der Waals surface area (Å²) in [7, 11) is 0. The second-order valence-corrected chi connectivity index (χ2v) is 6.39. The number of carbonyl (C=O) groups is 1. The summed E-state index contributed by atoms with van der Waals surface area (Å²) in [5.74, 6) is -0.104. The van der Waals surface area contributed by atoms with Gasteiger partial charge in [0, 0.05) is 21.1 Å². The highest BCUT2D eigenvalue weighted by atomic mass is 79.9. The zero-order valence-electron chi connectivity index (χ0n) is 11.8. The van der Waals surface area contributed by atoms with Crippen molar-refractivity contribution < 1.29 is 4.79 Å². The number of para-hydroxylation sites is 1. The molecule has 0 radical (unpaired) electrons. The molecule has 1 fully saturated rings. The molecule has 4 nitrogen and oxygen atoms in total. The smallest absolute Gasteiger partial charge is 0.241 e. The molecule has 3 rings (SSSR count). The highest BCUT2D eigenvalue weighted by molar-refractivity contribution is 9.10. The Hall–Kier alpha value is -1.80. The average molecular weight is 346 g/mol. The van der Waals surface area contributed by atoms with Gasteiger partial charge in [-0.25, -0.2) is 0 Å². The van der Waals surface area contributed by atoms with E-state index in [0.717, 1.165) is 40.3 Å². The first kappa shape index (κ1) is 14.2. The lowest BCUT2D eigenvalue weighted by Gasteiger charge is -2.35. The van der Waals surface area contributed by atoms with Gasteiger partial charge in [-0.1, -0.05) is 18.2 Å². The van der Waals surface area contributed by atoms with E-state index in [0.29, 0.717) is 0 Å². The number of nitrogens with zero attached hydrogens (tertiary/aromatic N) is 2. The van der Waals surface area contributed by atoms with Crippen LogP contribution < -0.4 is 5.32 Å². The van der Waals surface area contributed by atoms with Crippen LogP contribution in [0.15, 0.2) is 28.7 Å². The Morgan fingerprint density at radius 2 is 2.19 bits per heavy atom. The van der Waals surface area contributed by atoms with Gasteiger partial charge in [-0.05, 0) is 48.2 Å². The van der Waals surface area contributed by atoms with E-state index in [4.69, 9.17) is 0 Å². The summed E-state index contributed by atoms with van der Waals surface area (Å²) in [6, 6.07) is 10.2. The molecule has 1 aliphatic rings. The Morgan fingerprint density at radius 3 is 2.81 bits per heavy atom. The topological polar surface area (TPSA) is 57.8 Å². The summed E-state index contributed by atoms with van der Waals surface area (Å²) in [4.78, 5) is 12.3. The number of amides is 1. The first-order valence-electron chi connectivity index (χ1n) is 7.02. The van der Waals surface area contributed by atoms with Crippen LogP contribution in [0.2, 0.25) is 0 Å². The maximum Gasteiger partial charge on any atom is 0.241 e. The molecular formula is C16H16BrN3O. The molecule has 1 N–H and O–H groups in total. The Morgan fingerprint density at radius 1 is 1.48 bits per heavy atom. The fourth-order valence-electron chi connectivity index (χ4n) is 2.84. The number of hydrogen-bond donors (Lipinski definition) is 1. The molecule has 0 unspecified atom stereocenters. The van der Waals surface area contributed by atoms with E-state index in [9.17, 15) is 10.1 Å². The number of fused-ring (bicyclic) bond motifs is 1. The van der Waals surface area contributed by atoms with Crippen LogP contribution in [0.3, 0.4) is 0 Å². The molecule has 108 valence electrons. The Labute approximate surface area is 131 Å². The van der Waals surface area contributed by atoms with E-state index in [2.05, 4.69) is 27.3 Å². The minimum atomic E-state index is -0.634. The van der Waals surface area contributed by atoms with Crippen molar-refractivity contribution in [2.24, 2.45) is 0 Å². The molecule has 0 saturated heterocycles. The van der Waals surface area contributed by atoms with Gasteiger partial charge in [-0.2, -0.15) is 5.26 Å². The summed E-state index contributed by atoms with van der Waals surface area (Å²) < 4.78 is 3.00. The molecule has 0 bridgehead atoms. The fourth-order valence-corrected chi connectivity index (χ4v) is 3.39. The SMILES string of the molecule is Cc1c(Br)c2ccccc2n1CC(=O)NC1(C#N)CCC1. The lowest BCUT2D eigenvalue weighted by atomic mass is 9.78. The molecule has 0 spiro atoms. The number of nitrogens with one attached hydrogen (secondary N) is 1. The standard InChI is InChI=1S/C16H16BrN3O/c1-11-15(17)12-5-2-3-6-13(12)20(11)9-14(21)19-16(10-18)7-4-8-16/h2-3,5-6H,4,7-9H2,1H3,(H,19,21). The van der Waals surface area contributed by atoms with Gasteiger partial charge in [0.05, 0.1) is 6.07 Å². The molecule has 21 heavy (non-hydrogen) atoms. The van der Waals surface area contributed by atoms with Gasteiger partial charge in [-0.15, -0.1) is 0 Å². The highest BCUT2D eigenvalue weighted by Gasteiger charge is 2.38. The van der Waals surface area contributed by atoms with Crippen molar-refractivity contribution in [3.63, 3.8) is 0 Å². The molecule has 0 aliphatic heterocycles. The number of halogens is 1. The Bertz CT molecular complexity index is 753. The molecule has 2 aromatic rings. The Balaban J connectivity index is 1.87. The molecule has 1 heterocycles. The van der Waals surface area contributed by atoms with Crippen molar-refractivity contribution in [3.05, 3.63) is 34.4 Å². The third kappa shape index (κ3) is 2.34. The lowest BCUT2D eigenvalue weighted by Crippen LogP contribution is -2.53. The van der Waals surface area contributed by atoms with Crippen molar-refractivity contribution in [1.29, 1.82) is 5.26 Å². The monoisotopic (exact) mass is 345 g/mol. The van der Waals surface area contributed by atoms with Crippen LogP contribution in [0.1, 0.15) is 25.0 Å². The predicted molar refractivity (Wildman–Crippen MR) is 84.7 cm³/mol. The van der Waals surface area contributed by atoms with Crippen molar-refractivity contribution in [2.45, 2.75) is 38.3 Å². The van der Waals surface area contributed by atoms with Crippen LogP contribution in [-0.2, 0) is 11.3 Å². The third-order valence-electron chi connectivity index (χ3n) is 4.26. The van der Waals surface area contributed by atoms with Crippen LogP contribution in [-0.4, -0.2) is 16.0 Å². The summed E-state index contributed by atoms with van der Waals surface area (Å²) in [6.45, 7) is 2.22. The van der Waals surface area contributed by atoms with E-state index in [-0.39, 0.29) is 12.5 Å². The van der Waals surface area contributed by atoms with Gasteiger partial charge in [0.25, 0.3) is 0 Å². The zero-order valence-corrected chi connectivity index (χ0v) is 13.4. The quantitative estimate of drug-likeness (QED) is 0.927.